The van der Waals surface area contributed by atoms with Crippen molar-refractivity contribution < 1.29 is 0 Å². The highest BCUT2D eigenvalue weighted by Gasteiger charge is 2.20. The van der Waals surface area contributed by atoms with Crippen LogP contribution in [0.15, 0.2) is 55.1 Å². The van der Waals surface area contributed by atoms with Gasteiger partial charge >= 0.3 is 0 Å². The zero-order valence-electron chi connectivity index (χ0n) is 15.2. The lowest BCUT2D eigenvalue weighted by molar-refractivity contribution is 0.589. The summed E-state index contributed by atoms with van der Waals surface area (Å²) in [6.07, 6.45) is 10.1. The zero-order chi connectivity index (χ0) is 18.1. The number of imidazole rings is 1. The molecule has 4 aromatic rings. The molecule has 0 amide bonds. The minimum absolute atomic E-state index is 0.764. The first-order chi connectivity index (χ1) is 13.4. The number of aromatic nitrogens is 6. The van der Waals surface area contributed by atoms with Gasteiger partial charge in [0.2, 0.25) is 0 Å². The molecule has 6 heteroatoms. The third-order valence-electron chi connectivity index (χ3n) is 5.34. The van der Waals surface area contributed by atoms with Crippen LogP contribution in [0.25, 0.3) is 11.3 Å². The van der Waals surface area contributed by atoms with E-state index in [2.05, 4.69) is 44.1 Å². The van der Waals surface area contributed by atoms with Gasteiger partial charge in [0, 0.05) is 42.3 Å². The largest absolute Gasteiger partial charge is 0.328 e. The quantitative estimate of drug-likeness (QED) is 0.575. The van der Waals surface area contributed by atoms with Crippen molar-refractivity contribution in [2.45, 2.75) is 38.8 Å². The van der Waals surface area contributed by atoms with Crippen LogP contribution in [0.2, 0.25) is 0 Å². The Balaban J connectivity index is 1.49. The summed E-state index contributed by atoms with van der Waals surface area (Å²) in [4.78, 5) is 4.76. The number of hydrogen-bond acceptors (Lipinski definition) is 3. The lowest BCUT2D eigenvalue weighted by Crippen LogP contribution is -2.10. The molecule has 0 spiro atoms. The second-order valence-electron chi connectivity index (χ2n) is 7.03. The van der Waals surface area contributed by atoms with E-state index in [9.17, 15) is 0 Å². The van der Waals surface area contributed by atoms with Gasteiger partial charge in [0.15, 0.2) is 0 Å². The fraction of sp³-hybridized carbons (Fsp3) is 0.286. The summed E-state index contributed by atoms with van der Waals surface area (Å²) >= 11 is 0. The molecule has 0 atom stereocenters. The van der Waals surface area contributed by atoms with Gasteiger partial charge in [-0.3, -0.25) is 9.78 Å². The average molecular weight is 358 g/mol. The fourth-order valence-corrected chi connectivity index (χ4v) is 3.98. The molecule has 136 valence electrons. The van der Waals surface area contributed by atoms with Crippen LogP contribution in [0.3, 0.4) is 0 Å². The van der Waals surface area contributed by atoms with Crippen LogP contribution in [-0.4, -0.2) is 29.5 Å². The van der Waals surface area contributed by atoms with Crippen LogP contribution in [-0.2, 0) is 32.4 Å². The highest BCUT2D eigenvalue weighted by molar-refractivity contribution is 5.61. The lowest BCUT2D eigenvalue weighted by atomic mass is 10.1. The second-order valence-corrected chi connectivity index (χ2v) is 7.03. The number of aryl methyl sites for hydroxylation is 2. The number of benzene rings is 1. The minimum atomic E-state index is 0.764. The molecule has 0 saturated heterocycles. The van der Waals surface area contributed by atoms with Crippen LogP contribution >= 0.6 is 0 Å². The van der Waals surface area contributed by atoms with E-state index in [0.717, 1.165) is 49.3 Å². The molecule has 3 heterocycles. The van der Waals surface area contributed by atoms with E-state index in [0.29, 0.717) is 0 Å². The summed E-state index contributed by atoms with van der Waals surface area (Å²) in [5.74, 6) is 0. The maximum Gasteiger partial charge on any atom is 0.0959 e. The number of rotatable bonds is 6. The molecular formula is C21H22N6. The lowest BCUT2D eigenvalue weighted by Gasteiger charge is -2.10. The average Bonchev–Trinajstić information content (AvgIpc) is 3.48. The van der Waals surface area contributed by atoms with Crippen molar-refractivity contribution in [2.75, 3.05) is 0 Å². The first-order valence-electron chi connectivity index (χ1n) is 9.50. The van der Waals surface area contributed by atoms with E-state index in [4.69, 9.17) is 4.98 Å². The van der Waals surface area contributed by atoms with Gasteiger partial charge in [0.05, 0.1) is 24.3 Å². The number of fused-ring (bicyclic) bond motifs is 1. The Bertz CT molecular complexity index is 1030. The van der Waals surface area contributed by atoms with Crippen molar-refractivity contribution in [1.82, 2.24) is 29.5 Å². The molecule has 1 aromatic carbocycles. The smallest absolute Gasteiger partial charge is 0.0959 e. The molecule has 0 radical (unpaired) electrons. The van der Waals surface area contributed by atoms with E-state index < -0.39 is 0 Å². The van der Waals surface area contributed by atoms with Gasteiger partial charge in [-0.05, 0) is 30.9 Å². The molecule has 0 fully saturated rings. The maximum atomic E-state index is 4.76. The molecule has 0 unspecified atom stereocenters. The van der Waals surface area contributed by atoms with Gasteiger partial charge < -0.3 is 4.57 Å². The first-order valence-corrected chi connectivity index (χ1v) is 9.50. The Kier molecular flexibility index (Phi) is 4.08. The summed E-state index contributed by atoms with van der Waals surface area (Å²) < 4.78 is 4.22. The van der Waals surface area contributed by atoms with Crippen LogP contribution < -0.4 is 0 Å². The minimum Gasteiger partial charge on any atom is -0.328 e. The Morgan fingerprint density at radius 3 is 2.85 bits per heavy atom. The molecule has 3 aromatic heterocycles. The summed E-state index contributed by atoms with van der Waals surface area (Å²) in [7, 11) is 0. The summed E-state index contributed by atoms with van der Waals surface area (Å²) in [6.45, 7) is 1.59. The van der Waals surface area contributed by atoms with E-state index in [1.165, 1.54) is 23.4 Å². The molecule has 1 aliphatic carbocycles. The van der Waals surface area contributed by atoms with Crippen molar-refractivity contribution in [3.63, 3.8) is 0 Å². The first kappa shape index (κ1) is 16.1. The van der Waals surface area contributed by atoms with E-state index >= 15 is 0 Å². The van der Waals surface area contributed by atoms with Gasteiger partial charge in [-0.1, -0.05) is 30.3 Å². The molecule has 5 rings (SSSR count). The fourth-order valence-electron chi connectivity index (χ4n) is 3.98. The molecule has 0 aliphatic heterocycles. The van der Waals surface area contributed by atoms with Crippen molar-refractivity contribution in [1.29, 1.82) is 0 Å². The monoisotopic (exact) mass is 358 g/mol. The van der Waals surface area contributed by atoms with Gasteiger partial charge in [-0.15, -0.1) is 0 Å². The molecule has 27 heavy (non-hydrogen) atoms. The Morgan fingerprint density at radius 1 is 1.07 bits per heavy atom. The Labute approximate surface area is 157 Å². The highest BCUT2D eigenvalue weighted by Crippen LogP contribution is 2.26. The zero-order valence-corrected chi connectivity index (χ0v) is 15.2. The van der Waals surface area contributed by atoms with Gasteiger partial charge in [-0.25, -0.2) is 4.98 Å². The van der Waals surface area contributed by atoms with Gasteiger partial charge in [-0.2, -0.15) is 10.2 Å². The highest BCUT2D eigenvalue weighted by atomic mass is 15.3. The summed E-state index contributed by atoms with van der Waals surface area (Å²) in [5.41, 5.74) is 7.30. The number of aromatic amines is 1. The topological polar surface area (TPSA) is 64.3 Å². The van der Waals surface area contributed by atoms with Crippen LogP contribution in [0.5, 0.6) is 0 Å². The normalized spacial score (nSPS) is 13.2. The van der Waals surface area contributed by atoms with Crippen molar-refractivity contribution in [3.05, 3.63) is 77.8 Å². The summed E-state index contributed by atoms with van der Waals surface area (Å²) in [6, 6.07) is 12.4. The van der Waals surface area contributed by atoms with E-state index in [-0.39, 0.29) is 0 Å². The number of hydrogen-bond donors (Lipinski definition) is 1. The van der Waals surface area contributed by atoms with Crippen LogP contribution in [0.4, 0.5) is 0 Å². The van der Waals surface area contributed by atoms with Crippen molar-refractivity contribution in [2.24, 2.45) is 0 Å². The Morgan fingerprint density at radius 2 is 2.00 bits per heavy atom. The molecule has 0 bridgehead atoms. The number of nitrogens with one attached hydrogen (secondary N) is 1. The number of nitrogens with zero attached hydrogens (tertiary/aromatic N) is 5. The van der Waals surface area contributed by atoms with Crippen LogP contribution in [0.1, 0.15) is 29.1 Å². The van der Waals surface area contributed by atoms with E-state index in [1.807, 2.05) is 35.5 Å². The van der Waals surface area contributed by atoms with Crippen LogP contribution in [0, 0.1) is 0 Å². The number of H-pyrrole nitrogens is 1. The third-order valence-corrected chi connectivity index (χ3v) is 5.34. The molecule has 1 N–H and O–H groups in total. The standard InChI is InChI=1S/C21H22N6/c1-2-6-16(7-3-1)21-20(10-13-27-12-5-11-23-27)26(15-22-21)14-19-17-8-4-9-18(17)24-25-19/h1-3,5-7,11-12,15H,4,8-10,13-14H2,(H,24,25). The Hall–Kier alpha value is -3.15. The predicted molar refractivity (Wildman–Crippen MR) is 103 cm³/mol. The van der Waals surface area contributed by atoms with Crippen molar-refractivity contribution in [3.8, 4) is 11.3 Å². The molecular weight excluding hydrogens is 336 g/mol. The summed E-state index contributed by atoms with van der Waals surface area (Å²) in [5, 5.41) is 12.1. The van der Waals surface area contributed by atoms with Gasteiger partial charge in [0.1, 0.15) is 0 Å². The van der Waals surface area contributed by atoms with Gasteiger partial charge in [0.25, 0.3) is 0 Å². The molecule has 0 saturated carbocycles. The van der Waals surface area contributed by atoms with Crippen molar-refractivity contribution >= 4 is 0 Å². The molecule has 1 aliphatic rings. The van der Waals surface area contributed by atoms with E-state index in [1.54, 1.807) is 0 Å². The predicted octanol–water partition coefficient (Wildman–Crippen LogP) is 3.25. The third kappa shape index (κ3) is 3.07. The maximum absolute atomic E-state index is 4.76. The molecule has 6 nitrogen and oxygen atoms in total. The second kappa shape index (κ2) is 6.87. The SMILES string of the molecule is c1ccc(-c2ncn(Cc3n[nH]c4c3CCC4)c2CCn2cccn2)cc1.